The summed E-state index contributed by atoms with van der Waals surface area (Å²) in [4.78, 5) is 0. The van der Waals surface area contributed by atoms with Crippen LogP contribution in [0, 0.1) is 0 Å². The van der Waals surface area contributed by atoms with Gasteiger partial charge in [-0.25, -0.2) is 0 Å². The van der Waals surface area contributed by atoms with E-state index >= 15 is 0 Å². The molecule has 41 valence electrons. The van der Waals surface area contributed by atoms with Crippen LogP contribution < -0.4 is 0 Å². The Balaban J connectivity index is -0.0000000800. The molecule has 0 fully saturated rings. The van der Waals surface area contributed by atoms with E-state index in [1.54, 1.807) is 0 Å². The monoisotopic (exact) mass is 307 g/mol. The van der Waals surface area contributed by atoms with Crippen molar-refractivity contribution in [2.75, 3.05) is 0 Å². The van der Waals surface area contributed by atoms with E-state index in [9.17, 15) is 0 Å². The average Bonchev–Trinajstić information content (AvgIpc) is 0.722. The molecule has 0 aliphatic heterocycles. The van der Waals surface area contributed by atoms with Crippen LogP contribution in [-0.4, -0.2) is 63.6 Å². The van der Waals surface area contributed by atoms with Gasteiger partial charge in [0.15, 0.2) is 0 Å². The van der Waals surface area contributed by atoms with E-state index in [-0.39, 0.29) is 67.4 Å². The first kappa shape index (κ1) is 16.4. The Morgan fingerprint density at radius 3 is 0.857 bits per heavy atom. The molecule has 1 radical (unpaired) electrons. The number of hydrogen-bond acceptors (Lipinski definition) is 4. The summed E-state index contributed by atoms with van der Waals surface area (Å²) in [5.74, 6) is 0. The molecule has 0 aromatic carbocycles. The van der Waals surface area contributed by atoms with Gasteiger partial charge in [-0.15, -0.1) is 0 Å². The van der Waals surface area contributed by atoms with Crippen LogP contribution in [0.2, 0.25) is 0 Å². The summed E-state index contributed by atoms with van der Waals surface area (Å²) in [6.07, 6.45) is 0. The molecule has 0 saturated carbocycles. The van der Waals surface area contributed by atoms with Gasteiger partial charge in [-0.2, -0.15) is 0 Å². The van der Waals surface area contributed by atoms with Gasteiger partial charge in [0.1, 0.15) is 0 Å². The predicted octanol–water partition coefficient (Wildman–Crippen LogP) is -3.15. The molecule has 4 nitrogen and oxygen atoms in total. The summed E-state index contributed by atoms with van der Waals surface area (Å²) in [7, 11) is 0. The maximum absolute atomic E-state index is 7.38. The maximum atomic E-state index is 7.38. The maximum Gasteiger partial charge on any atom is 0 e. The Morgan fingerprint density at radius 2 is 0.857 bits per heavy atom. The molecular weight excluding hydrogens is 300 g/mol. The molecule has 0 saturated heterocycles. The standard InChI is InChI=1S/Ba.4H2O.Ti.V.2H/h;4*1H2;;;;/q;;;;;+4;;;/p-4. The molecule has 0 atom stereocenters. The summed E-state index contributed by atoms with van der Waals surface area (Å²) in [5.41, 5.74) is 0. The summed E-state index contributed by atoms with van der Waals surface area (Å²) in [6.45, 7) is 0. The zero-order chi connectivity index (χ0) is 4.50. The normalized spacial score (nSPS) is 8.57. The zero-order valence-corrected chi connectivity index (χ0v) is 5.69. The second-order valence-corrected chi connectivity index (χ2v) is 2.47. The van der Waals surface area contributed by atoms with E-state index in [0.717, 1.165) is 0 Å². The fourth-order valence-electron chi connectivity index (χ4n) is 0. The topological polar surface area (TPSA) is 80.9 Å². The summed E-state index contributed by atoms with van der Waals surface area (Å²) in [6, 6.07) is 0. The average molecular weight is 306 g/mol. The molecule has 0 amide bonds. The molecule has 0 aromatic heterocycles. The van der Waals surface area contributed by atoms with Crippen molar-refractivity contribution in [3.63, 3.8) is 0 Å². The van der Waals surface area contributed by atoms with E-state index < -0.39 is 18.1 Å². The third kappa shape index (κ3) is 53.4. The molecule has 0 heterocycles. The Bertz CT molecular complexity index is 27.2. The van der Waals surface area contributed by atoms with E-state index in [4.69, 9.17) is 14.8 Å². The Hall–Kier alpha value is 2.71. The van der Waals surface area contributed by atoms with Crippen molar-refractivity contribution in [3.05, 3.63) is 0 Å². The molecule has 7 heteroatoms. The molecule has 0 aliphatic rings. The fourth-order valence-corrected chi connectivity index (χ4v) is 0. The zero-order valence-electron chi connectivity index (χ0n) is 2.74. The Labute approximate surface area is 98.2 Å². The van der Waals surface area contributed by atoms with Gasteiger partial charge in [0.25, 0.3) is 0 Å². The fraction of sp³-hybridized carbons (Fsp3) is 0. The van der Waals surface area contributed by atoms with E-state index in [1.165, 1.54) is 0 Å². The van der Waals surface area contributed by atoms with Crippen LogP contribution in [0.5, 0.6) is 0 Å². The van der Waals surface area contributed by atoms with Crippen LogP contribution in [0.3, 0.4) is 0 Å². The summed E-state index contributed by atoms with van der Waals surface area (Å²) >= 11 is -5.00. The predicted molar refractivity (Wildman–Crippen MR) is 17.4 cm³/mol. The van der Waals surface area contributed by atoms with Gasteiger partial charge in [-0.05, 0) is 0 Å². The first-order valence-electron chi connectivity index (χ1n) is 0.894. The third-order valence-corrected chi connectivity index (χ3v) is 0. The largest absolute Gasteiger partial charge is 0 e. The summed E-state index contributed by atoms with van der Waals surface area (Å²) in [5, 5.41) is 0. The van der Waals surface area contributed by atoms with Crippen molar-refractivity contribution in [1.82, 2.24) is 0 Å². The van der Waals surface area contributed by atoms with Crippen molar-refractivity contribution in [1.29, 1.82) is 0 Å². The van der Waals surface area contributed by atoms with E-state index in [1.807, 2.05) is 0 Å². The van der Waals surface area contributed by atoms with Crippen LogP contribution in [0.1, 0.15) is 0 Å². The SMILES string of the molecule is [BaH2].[OH][Ti]([OH])([OH])[OH].[V]. The molecule has 0 spiro atoms. The van der Waals surface area contributed by atoms with Crippen LogP contribution in [0.4, 0.5) is 0 Å². The van der Waals surface area contributed by atoms with Crippen molar-refractivity contribution < 1.29 is 51.4 Å². The van der Waals surface area contributed by atoms with Crippen LogP contribution in [0.25, 0.3) is 0 Å². The van der Waals surface area contributed by atoms with Gasteiger partial charge in [0.2, 0.25) is 0 Å². The number of rotatable bonds is 0. The first-order chi connectivity index (χ1) is 2.00. The van der Waals surface area contributed by atoms with Crippen LogP contribution in [-0.2, 0) is 36.7 Å². The van der Waals surface area contributed by atoms with Crippen molar-refractivity contribution >= 4 is 48.9 Å². The number of hydrogen-bond donors (Lipinski definition) is 4. The quantitative estimate of drug-likeness (QED) is 0.356. The van der Waals surface area contributed by atoms with Crippen molar-refractivity contribution in [3.8, 4) is 0 Å². The molecule has 0 rings (SSSR count). The van der Waals surface area contributed by atoms with Gasteiger partial charge in [-0.3, -0.25) is 0 Å². The molecule has 0 bridgehead atoms. The first-order valence-corrected chi connectivity index (χ1v) is 3.69. The van der Waals surface area contributed by atoms with E-state index in [0.29, 0.717) is 0 Å². The minimum atomic E-state index is -5.00. The molecular formula is H6BaO4TiV. The van der Waals surface area contributed by atoms with Crippen molar-refractivity contribution in [2.24, 2.45) is 0 Å². The van der Waals surface area contributed by atoms with Gasteiger partial charge in [0, 0.05) is 18.6 Å². The second-order valence-electron chi connectivity index (χ2n) is 0.600. The van der Waals surface area contributed by atoms with Gasteiger partial charge in [-0.1, -0.05) is 0 Å². The minimum absolute atomic E-state index is 0. The van der Waals surface area contributed by atoms with Gasteiger partial charge < -0.3 is 0 Å². The second kappa shape index (κ2) is 6.82. The molecule has 7 heavy (non-hydrogen) atoms. The Kier molecular flexibility index (Phi) is 16.0. The minimum Gasteiger partial charge on any atom is 0 e. The molecule has 4 N–H and O–H groups in total. The van der Waals surface area contributed by atoms with Gasteiger partial charge >= 0.3 is 81.8 Å². The Morgan fingerprint density at radius 1 is 0.857 bits per heavy atom. The van der Waals surface area contributed by atoms with Crippen LogP contribution in [0.15, 0.2) is 0 Å². The van der Waals surface area contributed by atoms with Gasteiger partial charge in [0.05, 0.1) is 0 Å². The third-order valence-electron chi connectivity index (χ3n) is 0. The smallest absolute Gasteiger partial charge is 0 e. The van der Waals surface area contributed by atoms with Crippen molar-refractivity contribution in [2.45, 2.75) is 0 Å². The molecule has 0 aliphatic carbocycles. The van der Waals surface area contributed by atoms with E-state index in [2.05, 4.69) is 0 Å². The molecule has 0 aromatic rings. The summed E-state index contributed by atoms with van der Waals surface area (Å²) < 4.78 is 29.5. The van der Waals surface area contributed by atoms with Crippen LogP contribution >= 0.6 is 0 Å². The molecule has 0 unspecified atom stereocenters.